The predicted molar refractivity (Wildman–Crippen MR) is 201 cm³/mol. The van der Waals surface area contributed by atoms with E-state index in [-0.39, 0.29) is 0 Å². The molecule has 7 heteroatoms. The lowest BCUT2D eigenvalue weighted by molar-refractivity contribution is 0.623. The first-order valence-electron chi connectivity index (χ1n) is 16.7. The maximum Gasteiger partial charge on any atom is 0.227 e. The van der Waals surface area contributed by atoms with Crippen LogP contribution in [0.5, 0.6) is 0 Å². The quantitative estimate of drug-likeness (QED) is 0.186. The Balaban J connectivity index is 1.15. The molecule has 7 aromatic carbocycles. The van der Waals surface area contributed by atoms with Gasteiger partial charge in [-0.25, -0.2) is 19.9 Å². The van der Waals surface area contributed by atoms with Gasteiger partial charge in [0.2, 0.25) is 5.89 Å². The van der Waals surface area contributed by atoms with Crippen LogP contribution in [0.25, 0.3) is 111 Å². The molecular formula is C44H24N4O3. The van der Waals surface area contributed by atoms with E-state index in [0.717, 1.165) is 82.4 Å². The molecule has 0 fully saturated rings. The highest BCUT2D eigenvalue weighted by Gasteiger charge is 2.21. The molecule has 0 atom stereocenters. The van der Waals surface area contributed by atoms with Gasteiger partial charge in [-0.3, -0.25) is 0 Å². The third-order valence-electron chi connectivity index (χ3n) is 9.56. The smallest absolute Gasteiger partial charge is 0.227 e. The summed E-state index contributed by atoms with van der Waals surface area (Å²) in [6.45, 7) is 0. The van der Waals surface area contributed by atoms with Gasteiger partial charge in [-0.15, -0.1) is 0 Å². The zero-order valence-electron chi connectivity index (χ0n) is 26.9. The molecule has 0 amide bonds. The Hall–Kier alpha value is -7.12. The van der Waals surface area contributed by atoms with Crippen LogP contribution in [0.15, 0.2) is 159 Å². The summed E-state index contributed by atoms with van der Waals surface area (Å²) in [5.74, 6) is 2.22. The zero-order valence-corrected chi connectivity index (χ0v) is 26.9. The van der Waals surface area contributed by atoms with Crippen molar-refractivity contribution in [2.45, 2.75) is 0 Å². The number of para-hydroxylation sites is 2. The van der Waals surface area contributed by atoms with Crippen molar-refractivity contribution in [3.63, 3.8) is 0 Å². The Labute approximate surface area is 289 Å². The molecule has 238 valence electrons. The molecule has 0 aliphatic carbocycles. The van der Waals surface area contributed by atoms with Crippen LogP contribution in [-0.2, 0) is 0 Å². The maximum absolute atomic E-state index is 6.70. The molecule has 11 rings (SSSR count). The monoisotopic (exact) mass is 656 g/mol. The van der Waals surface area contributed by atoms with Crippen LogP contribution in [0.4, 0.5) is 0 Å². The molecule has 0 unspecified atom stereocenters. The Bertz CT molecular complexity index is 3140. The number of oxazole rings is 1. The zero-order chi connectivity index (χ0) is 33.5. The van der Waals surface area contributed by atoms with Crippen molar-refractivity contribution in [1.82, 2.24) is 19.9 Å². The molecule has 0 spiro atoms. The number of aromatic nitrogens is 4. The van der Waals surface area contributed by atoms with Crippen molar-refractivity contribution >= 4 is 65.7 Å². The molecule has 0 aliphatic rings. The first-order chi connectivity index (χ1) is 25.2. The van der Waals surface area contributed by atoms with Gasteiger partial charge in [0.1, 0.15) is 27.8 Å². The normalized spacial score (nSPS) is 11.9. The SMILES string of the molecule is c1ccc(-c2nc(-c3ccc4oc5ccccc5c4c3)nc(-c3cccc4c3oc3ccc5ccc6nc(-c7ccccc7)oc6c5c34)n2)cc1. The first kappa shape index (κ1) is 27.8. The fraction of sp³-hybridized carbons (Fsp3) is 0. The highest BCUT2D eigenvalue weighted by molar-refractivity contribution is 6.26. The third-order valence-corrected chi connectivity index (χ3v) is 9.56. The lowest BCUT2D eigenvalue weighted by atomic mass is 10.0. The van der Waals surface area contributed by atoms with E-state index in [4.69, 9.17) is 33.2 Å². The minimum absolute atomic E-state index is 0.515. The van der Waals surface area contributed by atoms with Crippen LogP contribution in [-0.4, -0.2) is 19.9 Å². The molecule has 0 bridgehead atoms. The molecule has 51 heavy (non-hydrogen) atoms. The molecule has 4 aromatic heterocycles. The minimum Gasteiger partial charge on any atom is -0.456 e. The summed E-state index contributed by atoms with van der Waals surface area (Å²) >= 11 is 0. The minimum atomic E-state index is 0.515. The van der Waals surface area contributed by atoms with Crippen molar-refractivity contribution in [2.24, 2.45) is 0 Å². The predicted octanol–water partition coefficient (Wildman–Crippen LogP) is 11.6. The number of hydrogen-bond donors (Lipinski definition) is 0. The average molecular weight is 657 g/mol. The van der Waals surface area contributed by atoms with Crippen molar-refractivity contribution in [2.75, 3.05) is 0 Å². The van der Waals surface area contributed by atoms with Gasteiger partial charge in [0, 0.05) is 43.6 Å². The third kappa shape index (κ3) is 4.31. The van der Waals surface area contributed by atoms with Gasteiger partial charge in [-0.2, -0.15) is 0 Å². The molecule has 0 N–H and O–H groups in total. The number of rotatable bonds is 4. The lowest BCUT2D eigenvalue weighted by Gasteiger charge is -2.09. The summed E-state index contributed by atoms with van der Waals surface area (Å²) < 4.78 is 19.3. The maximum atomic E-state index is 6.70. The number of nitrogens with zero attached hydrogens (tertiary/aromatic N) is 4. The van der Waals surface area contributed by atoms with E-state index in [9.17, 15) is 0 Å². The van der Waals surface area contributed by atoms with Crippen LogP contribution in [0.1, 0.15) is 0 Å². The Morgan fingerprint density at radius 1 is 0.373 bits per heavy atom. The van der Waals surface area contributed by atoms with E-state index < -0.39 is 0 Å². The van der Waals surface area contributed by atoms with Crippen LogP contribution in [0.3, 0.4) is 0 Å². The molecule has 0 saturated heterocycles. The molecule has 0 radical (unpaired) electrons. The molecule has 7 nitrogen and oxygen atoms in total. The number of hydrogen-bond acceptors (Lipinski definition) is 7. The molecule has 0 aliphatic heterocycles. The number of fused-ring (bicyclic) bond motifs is 10. The number of benzene rings is 7. The van der Waals surface area contributed by atoms with Crippen LogP contribution in [0.2, 0.25) is 0 Å². The Morgan fingerprint density at radius 3 is 1.92 bits per heavy atom. The van der Waals surface area contributed by atoms with E-state index in [1.54, 1.807) is 0 Å². The van der Waals surface area contributed by atoms with Crippen LogP contribution in [0, 0.1) is 0 Å². The molecular weight excluding hydrogens is 633 g/mol. The van der Waals surface area contributed by atoms with Gasteiger partial charge in [-0.1, -0.05) is 91.0 Å². The van der Waals surface area contributed by atoms with Gasteiger partial charge < -0.3 is 13.3 Å². The van der Waals surface area contributed by atoms with Gasteiger partial charge in [0.05, 0.1) is 5.56 Å². The van der Waals surface area contributed by atoms with E-state index in [2.05, 4.69) is 30.3 Å². The van der Waals surface area contributed by atoms with E-state index in [1.165, 1.54) is 0 Å². The van der Waals surface area contributed by atoms with E-state index in [0.29, 0.717) is 28.9 Å². The van der Waals surface area contributed by atoms with E-state index in [1.807, 2.05) is 115 Å². The summed E-state index contributed by atoms with van der Waals surface area (Å²) in [4.78, 5) is 20.0. The molecule has 11 aromatic rings. The number of furan rings is 2. The van der Waals surface area contributed by atoms with Crippen molar-refractivity contribution < 1.29 is 13.3 Å². The average Bonchev–Trinajstić information content (AvgIpc) is 3.91. The Morgan fingerprint density at radius 2 is 1.06 bits per heavy atom. The van der Waals surface area contributed by atoms with Crippen molar-refractivity contribution in [1.29, 1.82) is 0 Å². The summed E-state index contributed by atoms with van der Waals surface area (Å²) in [5.41, 5.74) is 8.04. The fourth-order valence-corrected chi connectivity index (χ4v) is 7.17. The second-order valence-corrected chi connectivity index (χ2v) is 12.6. The van der Waals surface area contributed by atoms with Gasteiger partial charge in [0.25, 0.3) is 0 Å². The second-order valence-electron chi connectivity index (χ2n) is 12.6. The second kappa shape index (κ2) is 10.7. The van der Waals surface area contributed by atoms with Crippen molar-refractivity contribution in [3.8, 4) is 45.6 Å². The lowest BCUT2D eigenvalue weighted by Crippen LogP contribution is -2.00. The highest BCUT2D eigenvalue weighted by Crippen LogP contribution is 2.42. The fourth-order valence-electron chi connectivity index (χ4n) is 7.17. The first-order valence-corrected chi connectivity index (χ1v) is 16.7. The standard InChI is InChI=1S/C44H24N4O3/c1-3-10-26(11-4-1)41-46-42(28-20-22-35-32(24-28)29-14-7-8-17-34(29)49-35)48-43(47-41)31-16-9-15-30-38-36(50-39(30)31)23-19-25-18-21-33-40(37(25)38)51-44(45-33)27-12-5-2-6-13-27/h1-24H. The summed E-state index contributed by atoms with van der Waals surface area (Å²) in [5, 5.41) is 5.94. The van der Waals surface area contributed by atoms with Gasteiger partial charge in [0.15, 0.2) is 23.1 Å². The summed E-state index contributed by atoms with van der Waals surface area (Å²) in [6, 6.07) is 48.3. The molecule has 0 saturated carbocycles. The van der Waals surface area contributed by atoms with E-state index >= 15 is 0 Å². The largest absolute Gasteiger partial charge is 0.456 e. The highest BCUT2D eigenvalue weighted by atomic mass is 16.4. The Kier molecular flexibility index (Phi) is 5.83. The van der Waals surface area contributed by atoms with Crippen molar-refractivity contribution in [3.05, 3.63) is 146 Å². The van der Waals surface area contributed by atoms with Gasteiger partial charge in [-0.05, 0) is 60.0 Å². The van der Waals surface area contributed by atoms with Gasteiger partial charge >= 0.3 is 0 Å². The summed E-state index contributed by atoms with van der Waals surface area (Å²) in [7, 11) is 0. The summed E-state index contributed by atoms with van der Waals surface area (Å²) in [6.07, 6.45) is 0. The topological polar surface area (TPSA) is 91.0 Å². The van der Waals surface area contributed by atoms with Crippen LogP contribution < -0.4 is 0 Å². The molecule has 4 heterocycles. The van der Waals surface area contributed by atoms with Crippen LogP contribution >= 0.6 is 0 Å².